The van der Waals surface area contributed by atoms with Crippen molar-refractivity contribution >= 4 is 29.1 Å². The Kier molecular flexibility index (Phi) is 6.45. The third kappa shape index (κ3) is 4.79. The van der Waals surface area contributed by atoms with Gasteiger partial charge in [-0.1, -0.05) is 0 Å². The smallest absolute Gasteiger partial charge is 0.441 e. The molecule has 11 heteroatoms. The van der Waals surface area contributed by atoms with Gasteiger partial charge in [0.05, 0.1) is 17.5 Å². The van der Waals surface area contributed by atoms with Gasteiger partial charge >= 0.3 is 11.7 Å². The van der Waals surface area contributed by atoms with Gasteiger partial charge in [0.25, 0.3) is 11.5 Å². The number of carbonyl (C=O) groups is 3. The molecule has 0 aromatic heterocycles. The first-order chi connectivity index (χ1) is 12.9. The molecular weight excluding hydrogens is 363 g/mol. The number of carbonyl (C=O) groups excluding carboxylic acids is 3. The molecule has 1 aliphatic rings. The summed E-state index contributed by atoms with van der Waals surface area (Å²) in [7, 11) is 0. The summed E-state index contributed by atoms with van der Waals surface area (Å²) in [6.45, 7) is -1.02. The molecule has 27 heavy (non-hydrogen) atoms. The van der Waals surface area contributed by atoms with Gasteiger partial charge in [-0.3, -0.25) is 24.1 Å². The van der Waals surface area contributed by atoms with Crippen LogP contribution in [0.25, 0.3) is 5.53 Å². The summed E-state index contributed by atoms with van der Waals surface area (Å²) in [6, 6.07) is 4.54. The number of nitrogens with zero attached hydrogens (tertiary/aromatic N) is 3. The third-order valence-electron chi connectivity index (χ3n) is 4.05. The zero-order valence-electron chi connectivity index (χ0n) is 14.0. The topological polar surface area (TPSA) is 152 Å². The Bertz CT molecular complexity index is 819. The zero-order valence-corrected chi connectivity index (χ0v) is 14.0. The van der Waals surface area contributed by atoms with Crippen molar-refractivity contribution in [3.05, 3.63) is 45.5 Å². The zero-order chi connectivity index (χ0) is 20.0. The second-order valence-electron chi connectivity index (χ2n) is 5.77. The minimum absolute atomic E-state index is 0.0417. The summed E-state index contributed by atoms with van der Waals surface area (Å²) < 4.78 is 17.3. The first-order valence-corrected chi connectivity index (χ1v) is 7.89. The average Bonchev–Trinajstić information content (AvgIpc) is 2.65. The highest BCUT2D eigenvalue weighted by Gasteiger charge is 2.43. The second kappa shape index (κ2) is 8.77. The highest BCUT2D eigenvalue weighted by molar-refractivity contribution is 6.62. The lowest BCUT2D eigenvalue weighted by atomic mass is 9.84. The van der Waals surface area contributed by atoms with E-state index in [1.54, 1.807) is 0 Å². The van der Waals surface area contributed by atoms with E-state index in [4.69, 9.17) is 10.3 Å². The molecule has 2 rings (SSSR count). The van der Waals surface area contributed by atoms with E-state index in [9.17, 15) is 28.9 Å². The van der Waals surface area contributed by atoms with Crippen molar-refractivity contribution in [3.63, 3.8) is 0 Å². The Hall–Kier alpha value is -3.46. The summed E-state index contributed by atoms with van der Waals surface area (Å²) in [5.41, 5.74) is 8.37. The Morgan fingerprint density at radius 3 is 2.52 bits per heavy atom. The number of nitrogens with one attached hydrogen (secondary N) is 1. The fraction of sp³-hybridized carbons (Fsp3) is 0.375. The van der Waals surface area contributed by atoms with E-state index in [0.29, 0.717) is 5.56 Å². The number of β-lactam (4-membered cyclic amide) rings is 1. The number of benzene rings is 1. The van der Waals surface area contributed by atoms with Crippen molar-refractivity contribution in [1.29, 1.82) is 0 Å². The molecule has 1 aromatic carbocycles. The van der Waals surface area contributed by atoms with Gasteiger partial charge in [0.15, 0.2) is 0 Å². The van der Waals surface area contributed by atoms with Crippen LogP contribution in [0.1, 0.15) is 18.4 Å². The van der Waals surface area contributed by atoms with E-state index in [2.05, 4.69) is 10.1 Å². The molecule has 1 fully saturated rings. The molecular formula is C16H15FN4O6. The molecule has 0 radical (unpaired) electrons. The molecule has 1 aliphatic heterocycles. The fourth-order valence-electron chi connectivity index (χ4n) is 2.56. The van der Waals surface area contributed by atoms with Gasteiger partial charge in [0.1, 0.15) is 6.61 Å². The number of nitro groups is 1. The lowest BCUT2D eigenvalue weighted by molar-refractivity contribution is -0.384. The van der Waals surface area contributed by atoms with E-state index in [0.717, 1.165) is 0 Å². The van der Waals surface area contributed by atoms with Crippen molar-refractivity contribution in [1.82, 2.24) is 5.32 Å². The lowest BCUT2D eigenvalue weighted by Crippen LogP contribution is -2.59. The first kappa shape index (κ1) is 19.9. The maximum atomic E-state index is 12.4. The van der Waals surface area contributed by atoms with Gasteiger partial charge < -0.3 is 15.6 Å². The average molecular weight is 378 g/mol. The number of ketones is 1. The number of alkyl halides is 1. The largest absolute Gasteiger partial charge is 0.452 e. The maximum absolute atomic E-state index is 12.4. The molecule has 0 saturated carbocycles. The van der Waals surface area contributed by atoms with Crippen molar-refractivity contribution < 1.29 is 33.2 Å². The third-order valence-corrected chi connectivity index (χ3v) is 4.05. The summed E-state index contributed by atoms with van der Waals surface area (Å²) in [5, 5.41) is 13.0. The monoisotopic (exact) mass is 378 g/mol. The van der Waals surface area contributed by atoms with Gasteiger partial charge in [0, 0.05) is 24.6 Å². The normalized spacial score (nSPS) is 17.9. The van der Waals surface area contributed by atoms with Gasteiger partial charge in [0.2, 0.25) is 5.91 Å². The quantitative estimate of drug-likeness (QED) is 0.0978. The second-order valence-corrected chi connectivity index (χ2v) is 5.77. The summed E-state index contributed by atoms with van der Waals surface area (Å²) in [4.78, 5) is 48.0. The van der Waals surface area contributed by atoms with Gasteiger partial charge in [-0.2, -0.15) is 4.79 Å². The van der Waals surface area contributed by atoms with Crippen LogP contribution in [0.3, 0.4) is 0 Å². The number of hydrogen-bond acceptors (Lipinski definition) is 6. The molecule has 0 spiro atoms. The van der Waals surface area contributed by atoms with Crippen molar-refractivity contribution in [2.45, 2.75) is 25.5 Å². The molecule has 1 aromatic rings. The van der Waals surface area contributed by atoms with E-state index in [-0.39, 0.29) is 31.0 Å². The van der Waals surface area contributed by atoms with E-state index < -0.39 is 41.0 Å². The van der Waals surface area contributed by atoms with Gasteiger partial charge in [-0.25, -0.2) is 4.79 Å². The van der Waals surface area contributed by atoms with Crippen LogP contribution in [0.15, 0.2) is 24.3 Å². The van der Waals surface area contributed by atoms with Crippen LogP contribution in [-0.4, -0.2) is 45.8 Å². The van der Waals surface area contributed by atoms with E-state index in [1.165, 1.54) is 24.3 Å². The number of halogens is 1. The van der Waals surface area contributed by atoms with Gasteiger partial charge in [-0.15, -0.1) is 0 Å². The number of Topliss-reactive ketones (excluding diaryl/α,β-unsaturated/α-hetero) is 1. The predicted octanol–water partition coefficient (Wildman–Crippen LogP) is 0.742. The molecule has 0 unspecified atom stereocenters. The molecule has 142 valence electrons. The molecule has 1 amide bonds. The number of esters is 1. The van der Waals surface area contributed by atoms with Crippen LogP contribution in [-0.2, 0) is 25.7 Å². The number of nitro benzene ring substituents is 1. The fourth-order valence-corrected chi connectivity index (χ4v) is 2.56. The summed E-state index contributed by atoms with van der Waals surface area (Å²) in [6.07, 6.45) is -0.373. The number of hydrogen-bond donors (Lipinski definition) is 1. The Balaban J connectivity index is 1.91. The van der Waals surface area contributed by atoms with Crippen LogP contribution in [0, 0.1) is 16.0 Å². The molecule has 1 saturated heterocycles. The highest BCUT2D eigenvalue weighted by atomic mass is 19.1. The van der Waals surface area contributed by atoms with E-state index >= 15 is 0 Å². The molecule has 10 nitrogen and oxygen atoms in total. The van der Waals surface area contributed by atoms with Crippen LogP contribution in [0.4, 0.5) is 10.1 Å². The minimum atomic E-state index is -1.19. The molecule has 0 bridgehead atoms. The SMILES string of the molecule is [N-]=[N+]=C(C(=O)C[C@H]1NC(=O)[C@@H]1CCF)C(=O)OCc1ccc([N+](=O)[O-])cc1. The Labute approximate surface area is 152 Å². The van der Waals surface area contributed by atoms with Crippen molar-refractivity contribution in [2.24, 2.45) is 5.92 Å². The van der Waals surface area contributed by atoms with Gasteiger partial charge in [-0.05, 0) is 24.1 Å². The number of ether oxygens (including phenoxy) is 1. The number of amides is 1. The van der Waals surface area contributed by atoms with Crippen LogP contribution >= 0.6 is 0 Å². The summed E-state index contributed by atoms with van der Waals surface area (Å²) >= 11 is 0. The van der Waals surface area contributed by atoms with E-state index in [1.807, 2.05) is 0 Å². The first-order valence-electron chi connectivity index (χ1n) is 7.89. The van der Waals surface area contributed by atoms with Crippen LogP contribution < -0.4 is 5.32 Å². The van der Waals surface area contributed by atoms with Crippen molar-refractivity contribution in [2.75, 3.05) is 6.67 Å². The molecule has 1 N–H and O–H groups in total. The molecule has 1 heterocycles. The van der Waals surface area contributed by atoms with Crippen LogP contribution in [0.2, 0.25) is 0 Å². The molecule has 0 aliphatic carbocycles. The predicted molar refractivity (Wildman–Crippen MR) is 87.2 cm³/mol. The Morgan fingerprint density at radius 2 is 2.00 bits per heavy atom. The standard InChI is InChI=1S/C16H15FN4O6/c17-6-5-11-12(19-15(11)23)7-13(22)14(20-18)16(24)27-8-9-1-3-10(4-2-9)21(25)26/h1-4,11-12H,5-8H2,(H,19,23)/t11-,12-/m1/s1. The minimum Gasteiger partial charge on any atom is -0.452 e. The lowest BCUT2D eigenvalue weighted by Gasteiger charge is -2.35. The number of rotatable bonds is 9. The molecule has 2 atom stereocenters. The maximum Gasteiger partial charge on any atom is 0.441 e. The highest BCUT2D eigenvalue weighted by Crippen LogP contribution is 2.22. The van der Waals surface area contributed by atoms with Crippen molar-refractivity contribution in [3.8, 4) is 0 Å². The Morgan fingerprint density at radius 1 is 1.33 bits per heavy atom. The van der Waals surface area contributed by atoms with Crippen LogP contribution in [0.5, 0.6) is 0 Å². The number of non-ortho nitro benzene ring substituents is 1. The summed E-state index contributed by atoms with van der Waals surface area (Å²) in [5.74, 6) is -3.10.